The molecule has 6 heteroatoms. The minimum atomic E-state index is -0.234. The highest BCUT2D eigenvalue weighted by Gasteiger charge is 2.02. The van der Waals surface area contributed by atoms with Crippen LogP contribution in [0.25, 0.3) is 0 Å². The molecule has 120 valence electrons. The topological polar surface area (TPSA) is 62.7 Å². The van der Waals surface area contributed by atoms with Crippen molar-refractivity contribution in [1.82, 2.24) is 5.43 Å². The molecule has 1 amide bonds. The molecular formula is C17H18ClN3O2. The average Bonchev–Trinajstić information content (AvgIpc) is 2.58. The smallest absolute Gasteiger partial charge is 0.259 e. The maximum absolute atomic E-state index is 11.8. The lowest BCUT2D eigenvalue weighted by Gasteiger charge is -2.07. The molecular weight excluding hydrogens is 314 g/mol. The third kappa shape index (κ3) is 5.30. The Labute approximate surface area is 140 Å². The maximum atomic E-state index is 11.8. The molecule has 2 rings (SSSR count). The SMILES string of the molecule is COc1ccc(NCC(=O)N/N=C(\C)c2cccc(Cl)c2)cc1. The first-order valence-corrected chi connectivity index (χ1v) is 7.43. The Bertz CT molecular complexity index is 699. The Morgan fingerprint density at radius 2 is 1.96 bits per heavy atom. The summed E-state index contributed by atoms with van der Waals surface area (Å²) in [5.74, 6) is 0.531. The zero-order valence-electron chi connectivity index (χ0n) is 13.0. The Kier molecular flexibility index (Phi) is 6.00. The molecule has 0 radical (unpaired) electrons. The highest BCUT2D eigenvalue weighted by molar-refractivity contribution is 6.31. The van der Waals surface area contributed by atoms with Gasteiger partial charge in [-0.25, -0.2) is 5.43 Å². The van der Waals surface area contributed by atoms with E-state index in [4.69, 9.17) is 16.3 Å². The molecule has 0 heterocycles. The molecule has 0 aliphatic heterocycles. The van der Waals surface area contributed by atoms with E-state index < -0.39 is 0 Å². The summed E-state index contributed by atoms with van der Waals surface area (Å²) >= 11 is 5.93. The number of hydrogen-bond donors (Lipinski definition) is 2. The number of nitrogens with one attached hydrogen (secondary N) is 2. The van der Waals surface area contributed by atoms with Crippen molar-refractivity contribution in [2.24, 2.45) is 5.10 Å². The van der Waals surface area contributed by atoms with Crippen LogP contribution in [-0.4, -0.2) is 25.3 Å². The van der Waals surface area contributed by atoms with E-state index in [2.05, 4.69) is 15.8 Å². The number of ether oxygens (including phenoxy) is 1. The van der Waals surface area contributed by atoms with Crippen LogP contribution < -0.4 is 15.5 Å². The van der Waals surface area contributed by atoms with E-state index >= 15 is 0 Å². The van der Waals surface area contributed by atoms with Gasteiger partial charge in [-0.05, 0) is 48.9 Å². The van der Waals surface area contributed by atoms with Crippen LogP contribution in [0.4, 0.5) is 5.69 Å². The predicted molar refractivity (Wildman–Crippen MR) is 93.3 cm³/mol. The van der Waals surface area contributed by atoms with Gasteiger partial charge in [0.15, 0.2) is 0 Å². The van der Waals surface area contributed by atoms with Crippen molar-refractivity contribution in [3.63, 3.8) is 0 Å². The summed E-state index contributed by atoms with van der Waals surface area (Å²) in [6.07, 6.45) is 0. The molecule has 23 heavy (non-hydrogen) atoms. The Morgan fingerprint density at radius 3 is 2.61 bits per heavy atom. The van der Waals surface area contributed by atoms with E-state index in [0.29, 0.717) is 10.7 Å². The second kappa shape index (κ2) is 8.19. The number of carbonyl (C=O) groups excluding carboxylic acids is 1. The lowest BCUT2D eigenvalue weighted by molar-refractivity contribution is -0.119. The van der Waals surface area contributed by atoms with E-state index in [9.17, 15) is 4.79 Å². The number of hydrogen-bond acceptors (Lipinski definition) is 4. The fraction of sp³-hybridized carbons (Fsp3) is 0.176. The van der Waals surface area contributed by atoms with Gasteiger partial charge in [-0.15, -0.1) is 0 Å². The first-order valence-electron chi connectivity index (χ1n) is 7.05. The van der Waals surface area contributed by atoms with Gasteiger partial charge in [0.05, 0.1) is 19.4 Å². The van der Waals surface area contributed by atoms with Gasteiger partial charge in [-0.3, -0.25) is 4.79 Å². The zero-order chi connectivity index (χ0) is 16.7. The van der Waals surface area contributed by atoms with E-state index in [1.165, 1.54) is 0 Å². The summed E-state index contributed by atoms with van der Waals surface area (Å²) in [6.45, 7) is 1.93. The molecule has 0 saturated heterocycles. The van der Waals surface area contributed by atoms with Gasteiger partial charge >= 0.3 is 0 Å². The summed E-state index contributed by atoms with van der Waals surface area (Å²) in [5.41, 5.74) is 4.89. The number of carbonyl (C=O) groups is 1. The number of rotatable bonds is 6. The molecule has 5 nitrogen and oxygen atoms in total. The van der Waals surface area contributed by atoms with Crippen molar-refractivity contribution in [2.75, 3.05) is 19.0 Å². The fourth-order valence-electron chi connectivity index (χ4n) is 1.86. The predicted octanol–water partition coefficient (Wildman–Crippen LogP) is 3.30. The molecule has 0 aliphatic carbocycles. The largest absolute Gasteiger partial charge is 0.497 e. The van der Waals surface area contributed by atoms with Gasteiger partial charge in [-0.1, -0.05) is 23.7 Å². The first kappa shape index (κ1) is 16.8. The van der Waals surface area contributed by atoms with E-state index in [1.807, 2.05) is 43.3 Å². The van der Waals surface area contributed by atoms with Crippen molar-refractivity contribution in [2.45, 2.75) is 6.92 Å². The summed E-state index contributed by atoms with van der Waals surface area (Å²) in [7, 11) is 1.61. The molecule has 0 aliphatic rings. The molecule has 0 saturated carbocycles. The molecule has 2 aromatic carbocycles. The molecule has 0 bridgehead atoms. The fourth-order valence-corrected chi connectivity index (χ4v) is 2.05. The third-order valence-corrected chi connectivity index (χ3v) is 3.37. The number of hydrazone groups is 1. The quantitative estimate of drug-likeness (QED) is 0.630. The van der Waals surface area contributed by atoms with Gasteiger partial charge in [0.25, 0.3) is 5.91 Å². The number of amides is 1. The summed E-state index contributed by atoms with van der Waals surface area (Å²) in [6, 6.07) is 14.6. The maximum Gasteiger partial charge on any atom is 0.259 e. The summed E-state index contributed by atoms with van der Waals surface area (Å²) in [4.78, 5) is 11.8. The van der Waals surface area contributed by atoms with Crippen molar-refractivity contribution >= 4 is 28.9 Å². The molecule has 2 N–H and O–H groups in total. The Hall–Kier alpha value is -2.53. The van der Waals surface area contributed by atoms with Crippen molar-refractivity contribution in [3.05, 3.63) is 59.1 Å². The number of methoxy groups -OCH3 is 1. The van der Waals surface area contributed by atoms with Gasteiger partial charge in [0.2, 0.25) is 0 Å². The molecule has 0 aromatic heterocycles. The van der Waals surface area contributed by atoms with Crippen LogP contribution in [0.1, 0.15) is 12.5 Å². The molecule has 2 aromatic rings. The van der Waals surface area contributed by atoms with E-state index in [1.54, 1.807) is 19.2 Å². The standard InChI is InChI=1S/C17H18ClN3O2/c1-12(13-4-3-5-14(18)10-13)20-21-17(22)11-19-15-6-8-16(23-2)9-7-15/h3-10,19H,11H2,1-2H3,(H,21,22)/b20-12+. The lowest BCUT2D eigenvalue weighted by Crippen LogP contribution is -2.26. The second-order valence-corrected chi connectivity index (χ2v) is 5.26. The zero-order valence-corrected chi connectivity index (χ0v) is 13.7. The monoisotopic (exact) mass is 331 g/mol. The summed E-state index contributed by atoms with van der Waals surface area (Å²) < 4.78 is 5.08. The van der Waals surface area contributed by atoms with Gasteiger partial charge in [-0.2, -0.15) is 5.10 Å². The van der Waals surface area contributed by atoms with Crippen LogP contribution in [0, 0.1) is 0 Å². The Balaban J connectivity index is 1.85. The molecule has 0 unspecified atom stereocenters. The van der Waals surface area contributed by atoms with Gasteiger partial charge in [0.1, 0.15) is 5.75 Å². The third-order valence-electron chi connectivity index (χ3n) is 3.13. The lowest BCUT2D eigenvalue weighted by atomic mass is 10.1. The van der Waals surface area contributed by atoms with Crippen LogP contribution >= 0.6 is 11.6 Å². The van der Waals surface area contributed by atoms with Crippen molar-refractivity contribution in [3.8, 4) is 5.75 Å². The summed E-state index contributed by atoms with van der Waals surface area (Å²) in [5, 5.41) is 7.71. The van der Waals surface area contributed by atoms with Gasteiger partial charge < -0.3 is 10.1 Å². The minimum Gasteiger partial charge on any atom is -0.497 e. The second-order valence-electron chi connectivity index (χ2n) is 4.82. The molecule has 0 fully saturated rings. The highest BCUT2D eigenvalue weighted by Crippen LogP contribution is 2.14. The molecule has 0 spiro atoms. The normalized spacial score (nSPS) is 11.0. The van der Waals surface area contributed by atoms with Crippen LogP contribution in [0.15, 0.2) is 53.6 Å². The van der Waals surface area contributed by atoms with E-state index in [0.717, 1.165) is 17.0 Å². The van der Waals surface area contributed by atoms with E-state index in [-0.39, 0.29) is 12.5 Å². The highest BCUT2D eigenvalue weighted by atomic mass is 35.5. The van der Waals surface area contributed by atoms with Gasteiger partial charge in [0, 0.05) is 10.7 Å². The first-order chi connectivity index (χ1) is 11.1. The Morgan fingerprint density at radius 1 is 1.22 bits per heavy atom. The van der Waals surface area contributed by atoms with Crippen LogP contribution in [0.5, 0.6) is 5.75 Å². The van der Waals surface area contributed by atoms with Crippen LogP contribution in [0.3, 0.4) is 0 Å². The van der Waals surface area contributed by atoms with Crippen LogP contribution in [0.2, 0.25) is 5.02 Å². The van der Waals surface area contributed by atoms with Crippen LogP contribution in [-0.2, 0) is 4.79 Å². The number of halogens is 1. The number of nitrogens with zero attached hydrogens (tertiary/aromatic N) is 1. The average molecular weight is 332 g/mol. The number of anilines is 1. The molecule has 0 atom stereocenters. The van der Waals surface area contributed by atoms with Crippen molar-refractivity contribution < 1.29 is 9.53 Å². The minimum absolute atomic E-state index is 0.124. The number of benzene rings is 2. The van der Waals surface area contributed by atoms with Crippen molar-refractivity contribution in [1.29, 1.82) is 0 Å².